The lowest BCUT2D eigenvalue weighted by Gasteiger charge is -2.44. The van der Waals surface area contributed by atoms with Crippen molar-refractivity contribution in [3.63, 3.8) is 0 Å². The van der Waals surface area contributed by atoms with Gasteiger partial charge in [-0.25, -0.2) is 4.79 Å². The van der Waals surface area contributed by atoms with Gasteiger partial charge in [0.15, 0.2) is 0 Å². The number of piperidine rings is 1. The lowest BCUT2D eigenvalue weighted by Crippen LogP contribution is -2.53. The van der Waals surface area contributed by atoms with Gasteiger partial charge in [-0.2, -0.15) is 0 Å². The van der Waals surface area contributed by atoms with E-state index in [0.29, 0.717) is 25.2 Å². The van der Waals surface area contributed by atoms with Crippen LogP contribution in [0, 0.1) is 5.92 Å². The SMILES string of the molecule is O=C(NC1CCCCC1)N1C[C@@H]2C[C@H](C1)c1c(-c3ccc(OC(F)(F)F)cc3)ccc(=O)n1C2. The maximum atomic E-state index is 13.0. The van der Waals surface area contributed by atoms with Crippen molar-refractivity contribution in [1.29, 1.82) is 0 Å². The van der Waals surface area contributed by atoms with Gasteiger partial charge in [-0.3, -0.25) is 4.79 Å². The van der Waals surface area contributed by atoms with Crippen LogP contribution in [0.15, 0.2) is 41.2 Å². The highest BCUT2D eigenvalue weighted by atomic mass is 19.4. The maximum absolute atomic E-state index is 13.0. The number of ether oxygens (including phenoxy) is 1. The van der Waals surface area contributed by atoms with Crippen LogP contribution in [0.25, 0.3) is 11.1 Å². The van der Waals surface area contributed by atoms with E-state index < -0.39 is 6.36 Å². The minimum absolute atomic E-state index is 0.0143. The fourth-order valence-corrected chi connectivity index (χ4v) is 5.77. The molecule has 2 bridgehead atoms. The minimum Gasteiger partial charge on any atom is -0.406 e. The van der Waals surface area contributed by atoms with Gasteiger partial charge in [0.2, 0.25) is 0 Å². The molecule has 2 atom stereocenters. The molecular weight excluding hydrogens is 447 g/mol. The molecule has 182 valence electrons. The van der Waals surface area contributed by atoms with Crippen LogP contribution in [0.3, 0.4) is 0 Å². The van der Waals surface area contributed by atoms with Gasteiger partial charge in [0, 0.05) is 48.9 Å². The summed E-state index contributed by atoms with van der Waals surface area (Å²) in [6.07, 6.45) is 1.66. The van der Waals surface area contributed by atoms with Crippen molar-refractivity contribution in [2.24, 2.45) is 5.92 Å². The van der Waals surface area contributed by atoms with Gasteiger partial charge in [-0.15, -0.1) is 13.2 Å². The first-order valence-corrected chi connectivity index (χ1v) is 11.9. The normalized spacial score (nSPS) is 22.7. The third kappa shape index (κ3) is 4.79. The Morgan fingerprint density at radius 3 is 2.41 bits per heavy atom. The number of amides is 2. The Kier molecular flexibility index (Phi) is 6.04. The first-order valence-electron chi connectivity index (χ1n) is 11.9. The van der Waals surface area contributed by atoms with Crippen LogP contribution in [0.4, 0.5) is 18.0 Å². The second-order valence-electron chi connectivity index (χ2n) is 9.64. The zero-order valence-corrected chi connectivity index (χ0v) is 18.8. The number of rotatable bonds is 3. The standard InChI is InChI=1S/C25H28F3N3O3/c26-25(27,28)34-20-8-6-17(7-9-20)21-10-11-22(32)31-14-16-12-18(23(21)31)15-30(13-16)24(33)29-19-4-2-1-3-5-19/h6-11,16,18-19H,1-5,12-15H2,(H,29,33)/t16-,18+/m0/s1. The molecular formula is C25H28F3N3O3. The number of hydrogen-bond acceptors (Lipinski definition) is 3. The van der Waals surface area contributed by atoms with E-state index in [4.69, 9.17) is 0 Å². The van der Waals surface area contributed by atoms with E-state index in [2.05, 4.69) is 10.1 Å². The summed E-state index contributed by atoms with van der Waals surface area (Å²) in [7, 11) is 0. The summed E-state index contributed by atoms with van der Waals surface area (Å²) in [5.74, 6) is -0.111. The topological polar surface area (TPSA) is 63.6 Å². The summed E-state index contributed by atoms with van der Waals surface area (Å²) in [6.45, 7) is 1.66. The predicted molar refractivity (Wildman–Crippen MR) is 121 cm³/mol. The van der Waals surface area contributed by atoms with Crippen LogP contribution in [-0.4, -0.2) is 41.0 Å². The second kappa shape index (κ2) is 9.00. The van der Waals surface area contributed by atoms with E-state index in [9.17, 15) is 22.8 Å². The largest absolute Gasteiger partial charge is 0.573 e. The van der Waals surface area contributed by atoms with Crippen molar-refractivity contribution < 1.29 is 22.7 Å². The fraction of sp³-hybridized carbons (Fsp3) is 0.520. The van der Waals surface area contributed by atoms with E-state index in [1.54, 1.807) is 22.8 Å². The number of urea groups is 1. The number of nitrogens with zero attached hydrogens (tertiary/aromatic N) is 2. The molecule has 1 aromatic heterocycles. The van der Waals surface area contributed by atoms with E-state index in [1.807, 2.05) is 4.90 Å². The Labute approximate surface area is 195 Å². The number of likely N-dealkylation sites (tertiary alicyclic amines) is 1. The van der Waals surface area contributed by atoms with Crippen LogP contribution in [-0.2, 0) is 6.54 Å². The highest BCUT2D eigenvalue weighted by molar-refractivity contribution is 5.75. The summed E-state index contributed by atoms with van der Waals surface area (Å²) in [4.78, 5) is 27.6. The van der Waals surface area contributed by atoms with Crippen molar-refractivity contribution >= 4 is 6.03 Å². The van der Waals surface area contributed by atoms with Gasteiger partial charge < -0.3 is 19.5 Å². The Balaban J connectivity index is 1.40. The monoisotopic (exact) mass is 475 g/mol. The third-order valence-corrected chi connectivity index (χ3v) is 7.21. The minimum atomic E-state index is -4.75. The molecule has 1 saturated carbocycles. The molecule has 1 N–H and O–H groups in total. The van der Waals surface area contributed by atoms with Crippen LogP contribution in [0.5, 0.6) is 5.75 Å². The molecule has 2 aromatic rings. The number of carbonyl (C=O) groups excluding carboxylic acids is 1. The summed E-state index contributed by atoms with van der Waals surface area (Å²) in [6, 6.07) is 9.13. The molecule has 1 saturated heterocycles. The number of alkyl halides is 3. The molecule has 2 amide bonds. The summed E-state index contributed by atoms with van der Waals surface area (Å²) < 4.78 is 43.3. The molecule has 1 aliphatic carbocycles. The lowest BCUT2D eigenvalue weighted by atomic mass is 9.80. The van der Waals surface area contributed by atoms with Crippen molar-refractivity contribution in [2.75, 3.05) is 13.1 Å². The Bertz CT molecular complexity index is 1110. The van der Waals surface area contributed by atoms with Gasteiger partial charge in [-0.1, -0.05) is 31.4 Å². The highest BCUT2D eigenvalue weighted by Crippen LogP contribution is 2.40. The van der Waals surface area contributed by atoms with Crippen molar-refractivity contribution in [3.8, 4) is 16.9 Å². The van der Waals surface area contributed by atoms with Crippen LogP contribution in [0.2, 0.25) is 0 Å². The number of nitrogens with one attached hydrogen (secondary N) is 1. The Morgan fingerprint density at radius 2 is 1.71 bits per heavy atom. The maximum Gasteiger partial charge on any atom is 0.573 e. The second-order valence-corrected chi connectivity index (χ2v) is 9.64. The molecule has 5 rings (SSSR count). The predicted octanol–water partition coefficient (Wildman–Crippen LogP) is 4.88. The van der Waals surface area contributed by atoms with E-state index in [1.165, 1.54) is 24.6 Å². The van der Waals surface area contributed by atoms with Crippen molar-refractivity contribution in [2.45, 2.75) is 63.4 Å². The first-order chi connectivity index (χ1) is 16.3. The molecule has 3 heterocycles. The van der Waals surface area contributed by atoms with Gasteiger partial charge in [-0.05, 0) is 48.9 Å². The highest BCUT2D eigenvalue weighted by Gasteiger charge is 2.38. The van der Waals surface area contributed by atoms with Crippen molar-refractivity contribution in [3.05, 3.63) is 52.4 Å². The van der Waals surface area contributed by atoms with Crippen LogP contribution in [0.1, 0.15) is 50.1 Å². The molecule has 0 radical (unpaired) electrons. The van der Waals surface area contributed by atoms with E-state index in [-0.39, 0.29) is 35.2 Å². The molecule has 0 unspecified atom stereocenters. The summed E-state index contributed by atoms with van der Waals surface area (Å²) in [5.41, 5.74) is 2.27. The smallest absolute Gasteiger partial charge is 0.406 e. The number of hydrogen-bond donors (Lipinski definition) is 1. The van der Waals surface area contributed by atoms with Gasteiger partial charge in [0.1, 0.15) is 5.75 Å². The first kappa shape index (κ1) is 22.8. The molecule has 2 aliphatic heterocycles. The number of aromatic nitrogens is 1. The summed E-state index contributed by atoms with van der Waals surface area (Å²) >= 11 is 0. The Morgan fingerprint density at radius 1 is 0.971 bits per heavy atom. The number of benzene rings is 1. The molecule has 6 nitrogen and oxygen atoms in total. The summed E-state index contributed by atoms with van der Waals surface area (Å²) in [5, 5.41) is 3.20. The molecule has 3 aliphatic rings. The van der Waals surface area contributed by atoms with E-state index >= 15 is 0 Å². The fourth-order valence-electron chi connectivity index (χ4n) is 5.77. The number of halogens is 3. The zero-order valence-electron chi connectivity index (χ0n) is 18.8. The Hall–Kier alpha value is -2.97. The average Bonchev–Trinajstić information content (AvgIpc) is 2.80. The molecule has 9 heteroatoms. The molecule has 34 heavy (non-hydrogen) atoms. The molecule has 2 fully saturated rings. The third-order valence-electron chi connectivity index (χ3n) is 7.21. The number of fused-ring (bicyclic) bond motifs is 4. The van der Waals surface area contributed by atoms with E-state index in [0.717, 1.165) is 43.4 Å². The van der Waals surface area contributed by atoms with Gasteiger partial charge in [0.05, 0.1) is 0 Å². The van der Waals surface area contributed by atoms with Crippen molar-refractivity contribution in [1.82, 2.24) is 14.8 Å². The molecule has 1 aromatic carbocycles. The lowest BCUT2D eigenvalue weighted by molar-refractivity contribution is -0.274. The number of pyridine rings is 1. The van der Waals surface area contributed by atoms with Gasteiger partial charge >= 0.3 is 12.4 Å². The number of carbonyl (C=O) groups is 1. The van der Waals surface area contributed by atoms with Gasteiger partial charge in [0.25, 0.3) is 5.56 Å². The average molecular weight is 476 g/mol. The molecule has 0 spiro atoms. The quantitative estimate of drug-likeness (QED) is 0.689. The van der Waals surface area contributed by atoms with Crippen LogP contribution >= 0.6 is 0 Å². The van der Waals surface area contributed by atoms with Crippen LogP contribution < -0.4 is 15.6 Å². The zero-order chi connectivity index (χ0) is 23.9.